The Balaban J connectivity index is 3.00. The summed E-state index contributed by atoms with van der Waals surface area (Å²) in [5.74, 6) is -1.01. The highest BCUT2D eigenvalue weighted by Crippen LogP contribution is 2.19. The van der Waals surface area contributed by atoms with Crippen LogP contribution in [0.25, 0.3) is 0 Å². The van der Waals surface area contributed by atoms with Crippen molar-refractivity contribution in [1.82, 2.24) is 15.1 Å². The second-order valence-corrected chi connectivity index (χ2v) is 6.07. The summed E-state index contributed by atoms with van der Waals surface area (Å²) >= 11 is 0. The first-order valence-corrected chi connectivity index (χ1v) is 7.17. The number of aromatic nitrogens is 2. The lowest BCUT2D eigenvalue weighted by atomic mass is 10.0. The van der Waals surface area contributed by atoms with Crippen LogP contribution in [0.5, 0.6) is 0 Å². The summed E-state index contributed by atoms with van der Waals surface area (Å²) in [5.41, 5.74) is 1.79. The summed E-state index contributed by atoms with van der Waals surface area (Å²) in [7, 11) is 0. The SMILES string of the molecule is CCC(C)(C)NC(=O)C(C)n1nc(C)c(CC(=O)O)c1C. The molecule has 6 nitrogen and oxygen atoms in total. The van der Waals surface area contributed by atoms with Gasteiger partial charge in [0.25, 0.3) is 0 Å². The Kier molecular flexibility index (Phi) is 5.15. The third-order valence-corrected chi connectivity index (χ3v) is 3.89. The number of hydrogen-bond acceptors (Lipinski definition) is 3. The monoisotopic (exact) mass is 295 g/mol. The summed E-state index contributed by atoms with van der Waals surface area (Å²) in [6, 6.07) is -0.475. The fourth-order valence-electron chi connectivity index (χ4n) is 2.12. The van der Waals surface area contributed by atoms with Gasteiger partial charge >= 0.3 is 5.97 Å². The summed E-state index contributed by atoms with van der Waals surface area (Å²) in [5, 5.41) is 16.3. The van der Waals surface area contributed by atoms with E-state index in [1.165, 1.54) is 0 Å². The molecular formula is C15H25N3O3. The number of carboxylic acid groups (broad SMARTS) is 1. The molecule has 0 saturated carbocycles. The van der Waals surface area contributed by atoms with Crippen LogP contribution in [-0.2, 0) is 16.0 Å². The molecule has 0 aliphatic heterocycles. The molecule has 1 aromatic heterocycles. The summed E-state index contributed by atoms with van der Waals surface area (Å²) in [6.07, 6.45) is 0.749. The average molecular weight is 295 g/mol. The third-order valence-electron chi connectivity index (χ3n) is 3.89. The summed E-state index contributed by atoms with van der Waals surface area (Å²) < 4.78 is 1.61. The number of carboxylic acids is 1. The van der Waals surface area contributed by atoms with Gasteiger partial charge < -0.3 is 10.4 Å². The molecular weight excluding hydrogens is 270 g/mol. The van der Waals surface area contributed by atoms with E-state index in [4.69, 9.17) is 5.11 Å². The van der Waals surface area contributed by atoms with Gasteiger partial charge in [-0.1, -0.05) is 6.92 Å². The molecule has 1 amide bonds. The largest absolute Gasteiger partial charge is 0.481 e. The first-order valence-electron chi connectivity index (χ1n) is 7.17. The second kappa shape index (κ2) is 6.28. The van der Waals surface area contributed by atoms with Gasteiger partial charge in [-0.25, -0.2) is 0 Å². The van der Waals surface area contributed by atoms with Crippen LogP contribution in [0.2, 0.25) is 0 Å². The highest BCUT2D eigenvalue weighted by atomic mass is 16.4. The van der Waals surface area contributed by atoms with Crippen LogP contribution in [0, 0.1) is 13.8 Å². The molecule has 0 aliphatic carbocycles. The van der Waals surface area contributed by atoms with Gasteiger partial charge in [-0.15, -0.1) is 0 Å². The number of hydrogen-bond donors (Lipinski definition) is 2. The molecule has 0 aromatic carbocycles. The number of aryl methyl sites for hydroxylation is 1. The van der Waals surface area contributed by atoms with Gasteiger partial charge in [0.15, 0.2) is 0 Å². The van der Waals surface area contributed by atoms with Crippen LogP contribution < -0.4 is 5.32 Å². The molecule has 6 heteroatoms. The minimum Gasteiger partial charge on any atom is -0.481 e. The molecule has 118 valence electrons. The minimum absolute atomic E-state index is 0.0769. The Labute approximate surface area is 125 Å². The molecule has 0 spiro atoms. The van der Waals surface area contributed by atoms with E-state index in [0.29, 0.717) is 11.3 Å². The van der Waals surface area contributed by atoms with Crippen LogP contribution >= 0.6 is 0 Å². The van der Waals surface area contributed by atoms with Crippen molar-refractivity contribution >= 4 is 11.9 Å². The van der Waals surface area contributed by atoms with E-state index in [1.54, 1.807) is 25.5 Å². The van der Waals surface area contributed by atoms with Crippen molar-refractivity contribution in [2.45, 2.75) is 66.0 Å². The predicted molar refractivity (Wildman–Crippen MR) is 80.3 cm³/mol. The molecule has 1 atom stereocenters. The number of nitrogens with one attached hydrogen (secondary N) is 1. The highest BCUT2D eigenvalue weighted by Gasteiger charge is 2.26. The zero-order valence-electron chi connectivity index (χ0n) is 13.6. The fraction of sp³-hybridized carbons (Fsp3) is 0.667. The van der Waals surface area contributed by atoms with E-state index in [-0.39, 0.29) is 17.9 Å². The third kappa shape index (κ3) is 4.06. The highest BCUT2D eigenvalue weighted by molar-refractivity contribution is 5.80. The van der Waals surface area contributed by atoms with Gasteiger partial charge in [-0.2, -0.15) is 5.10 Å². The lowest BCUT2D eigenvalue weighted by Gasteiger charge is -2.27. The van der Waals surface area contributed by atoms with Crippen molar-refractivity contribution in [3.8, 4) is 0 Å². The van der Waals surface area contributed by atoms with Gasteiger partial charge in [0.2, 0.25) is 5.91 Å². The topological polar surface area (TPSA) is 84.2 Å². The van der Waals surface area contributed by atoms with Crippen molar-refractivity contribution in [3.05, 3.63) is 17.0 Å². The lowest BCUT2D eigenvalue weighted by molar-refractivity contribution is -0.136. The lowest BCUT2D eigenvalue weighted by Crippen LogP contribution is -2.45. The Morgan fingerprint density at radius 3 is 2.43 bits per heavy atom. The van der Waals surface area contributed by atoms with Crippen molar-refractivity contribution in [1.29, 1.82) is 0 Å². The quantitative estimate of drug-likeness (QED) is 0.840. The number of nitrogens with zero attached hydrogens (tertiary/aromatic N) is 2. The van der Waals surface area contributed by atoms with Gasteiger partial charge in [-0.3, -0.25) is 14.3 Å². The van der Waals surface area contributed by atoms with E-state index in [0.717, 1.165) is 12.1 Å². The van der Waals surface area contributed by atoms with E-state index in [2.05, 4.69) is 10.4 Å². The van der Waals surface area contributed by atoms with Gasteiger partial charge in [0.05, 0.1) is 12.1 Å². The first kappa shape index (κ1) is 17.2. The van der Waals surface area contributed by atoms with E-state index >= 15 is 0 Å². The number of amides is 1. The maximum atomic E-state index is 12.3. The molecule has 0 saturated heterocycles. The molecule has 0 fully saturated rings. The van der Waals surface area contributed by atoms with Crippen LogP contribution in [0.4, 0.5) is 0 Å². The fourth-order valence-corrected chi connectivity index (χ4v) is 2.12. The molecule has 1 heterocycles. The molecule has 2 N–H and O–H groups in total. The van der Waals surface area contributed by atoms with E-state index in [9.17, 15) is 9.59 Å². The number of carbonyl (C=O) groups excluding carboxylic acids is 1. The van der Waals surface area contributed by atoms with Crippen molar-refractivity contribution in [2.24, 2.45) is 0 Å². The number of carbonyl (C=O) groups is 2. The van der Waals surface area contributed by atoms with Gasteiger partial charge in [0, 0.05) is 16.8 Å². The minimum atomic E-state index is -0.898. The van der Waals surface area contributed by atoms with Crippen molar-refractivity contribution in [3.63, 3.8) is 0 Å². The molecule has 1 aromatic rings. The summed E-state index contributed by atoms with van der Waals surface area (Å²) in [6.45, 7) is 11.3. The Hall–Kier alpha value is -1.85. The standard InChI is InChI=1S/C15H25N3O3/c1-7-15(5,6)16-14(21)11(4)18-10(3)12(8-13(19)20)9(2)17-18/h11H,7-8H2,1-6H3,(H,16,21)(H,19,20). The molecule has 0 aliphatic rings. The zero-order chi connectivity index (χ0) is 16.4. The molecule has 1 unspecified atom stereocenters. The van der Waals surface area contributed by atoms with Crippen LogP contribution in [0.1, 0.15) is 57.1 Å². The smallest absolute Gasteiger partial charge is 0.307 e. The number of rotatable bonds is 6. The van der Waals surface area contributed by atoms with Crippen LogP contribution in [-0.4, -0.2) is 32.3 Å². The summed E-state index contributed by atoms with van der Waals surface area (Å²) in [4.78, 5) is 23.2. The van der Waals surface area contributed by atoms with Crippen LogP contribution in [0.3, 0.4) is 0 Å². The Morgan fingerprint density at radius 2 is 1.95 bits per heavy atom. The van der Waals surface area contributed by atoms with Gasteiger partial charge in [0.1, 0.15) is 6.04 Å². The van der Waals surface area contributed by atoms with E-state index < -0.39 is 12.0 Å². The normalized spacial score (nSPS) is 13.0. The van der Waals surface area contributed by atoms with Gasteiger partial charge in [-0.05, 0) is 41.0 Å². The average Bonchev–Trinajstić information content (AvgIpc) is 2.65. The Bertz CT molecular complexity index is 547. The Morgan fingerprint density at radius 1 is 1.38 bits per heavy atom. The zero-order valence-corrected chi connectivity index (χ0v) is 13.6. The van der Waals surface area contributed by atoms with Crippen molar-refractivity contribution < 1.29 is 14.7 Å². The maximum absolute atomic E-state index is 12.3. The van der Waals surface area contributed by atoms with Crippen LogP contribution in [0.15, 0.2) is 0 Å². The molecule has 0 bridgehead atoms. The maximum Gasteiger partial charge on any atom is 0.307 e. The molecule has 21 heavy (non-hydrogen) atoms. The molecule has 1 rings (SSSR count). The number of aliphatic carboxylic acids is 1. The second-order valence-electron chi connectivity index (χ2n) is 6.07. The first-order chi connectivity index (χ1) is 9.59. The molecule has 0 radical (unpaired) electrons. The predicted octanol–water partition coefficient (Wildman–Crippen LogP) is 1.99. The van der Waals surface area contributed by atoms with E-state index in [1.807, 2.05) is 20.8 Å². The van der Waals surface area contributed by atoms with Crippen molar-refractivity contribution in [2.75, 3.05) is 0 Å².